The van der Waals surface area contributed by atoms with E-state index in [2.05, 4.69) is 15.3 Å². The Labute approximate surface area is 146 Å². The Kier molecular flexibility index (Phi) is 3.91. The Bertz CT molecular complexity index is 1080. The highest BCUT2D eigenvalue weighted by atomic mass is 32.1. The van der Waals surface area contributed by atoms with Gasteiger partial charge in [-0.3, -0.25) is 9.59 Å². The van der Waals surface area contributed by atoms with Gasteiger partial charge in [-0.2, -0.15) is 0 Å². The summed E-state index contributed by atoms with van der Waals surface area (Å²) in [5, 5.41) is 3.53. The van der Waals surface area contributed by atoms with Crippen molar-refractivity contribution < 1.29 is 9.21 Å². The van der Waals surface area contributed by atoms with E-state index in [1.54, 1.807) is 23.5 Å². The normalized spacial score (nSPS) is 10.9. The molecule has 0 radical (unpaired) electrons. The first-order valence-electron chi connectivity index (χ1n) is 7.61. The summed E-state index contributed by atoms with van der Waals surface area (Å²) in [7, 11) is 0. The van der Waals surface area contributed by atoms with Crippen LogP contribution in [0.2, 0.25) is 0 Å². The number of aromatic nitrogens is 2. The first-order valence-corrected chi connectivity index (χ1v) is 8.42. The molecule has 0 bridgehead atoms. The number of hydrogen-bond acceptors (Lipinski definition) is 5. The van der Waals surface area contributed by atoms with Crippen LogP contribution in [-0.2, 0) is 6.54 Å². The van der Waals surface area contributed by atoms with Crippen LogP contribution >= 0.6 is 11.3 Å². The number of carbonyl (C=O) groups is 1. The molecule has 2 N–H and O–H groups in total. The molecule has 6 nitrogen and oxygen atoms in total. The third-order valence-corrected chi connectivity index (χ3v) is 4.68. The number of furan rings is 1. The van der Waals surface area contributed by atoms with Crippen LogP contribution in [-0.4, -0.2) is 15.9 Å². The number of hydrogen-bond donors (Lipinski definition) is 2. The van der Waals surface area contributed by atoms with Crippen molar-refractivity contribution in [3.05, 3.63) is 76.4 Å². The van der Waals surface area contributed by atoms with Gasteiger partial charge in [-0.15, -0.1) is 11.3 Å². The first kappa shape index (κ1) is 15.3. The van der Waals surface area contributed by atoms with Crippen molar-refractivity contribution in [1.82, 2.24) is 15.3 Å². The number of pyridine rings is 1. The smallest absolute Gasteiger partial charge is 0.251 e. The zero-order chi connectivity index (χ0) is 17.2. The minimum absolute atomic E-state index is 0.233. The zero-order valence-electron chi connectivity index (χ0n) is 13.0. The van der Waals surface area contributed by atoms with Gasteiger partial charge in [0.1, 0.15) is 5.76 Å². The lowest BCUT2D eigenvalue weighted by molar-refractivity contribution is 0.0948. The standard InChI is InChI=1S/C18H13N3O3S/c22-16-9-11(7-8-19-16)17(23)20-10-12-5-6-14(24-12)18-21-13-3-1-2-4-15(13)25-18/h1-9H,10H2,(H,19,22)(H,20,23). The second-order valence-electron chi connectivity index (χ2n) is 5.38. The Balaban J connectivity index is 1.48. The number of rotatable bonds is 4. The fourth-order valence-corrected chi connectivity index (χ4v) is 3.35. The predicted molar refractivity (Wildman–Crippen MR) is 95.6 cm³/mol. The van der Waals surface area contributed by atoms with E-state index in [0.29, 0.717) is 17.1 Å². The number of H-pyrrole nitrogens is 1. The van der Waals surface area contributed by atoms with E-state index in [4.69, 9.17) is 4.42 Å². The molecule has 1 aromatic carbocycles. The van der Waals surface area contributed by atoms with Gasteiger partial charge in [0.2, 0.25) is 5.56 Å². The molecule has 0 saturated heterocycles. The molecule has 3 aromatic heterocycles. The van der Waals surface area contributed by atoms with Gasteiger partial charge in [-0.25, -0.2) is 4.98 Å². The lowest BCUT2D eigenvalue weighted by Crippen LogP contribution is -2.24. The second kappa shape index (κ2) is 6.37. The lowest BCUT2D eigenvalue weighted by Gasteiger charge is -2.02. The molecule has 25 heavy (non-hydrogen) atoms. The van der Waals surface area contributed by atoms with E-state index in [-0.39, 0.29) is 18.0 Å². The minimum Gasteiger partial charge on any atom is -0.457 e. The second-order valence-corrected chi connectivity index (χ2v) is 6.41. The number of nitrogens with zero attached hydrogens (tertiary/aromatic N) is 1. The Hall–Kier alpha value is -3.19. The topological polar surface area (TPSA) is 88.0 Å². The van der Waals surface area contributed by atoms with Crippen molar-refractivity contribution in [2.45, 2.75) is 6.54 Å². The SMILES string of the molecule is O=C(NCc1ccc(-c2nc3ccccc3s2)o1)c1cc[nH]c(=O)c1. The maximum atomic E-state index is 12.0. The van der Waals surface area contributed by atoms with Gasteiger partial charge in [-0.1, -0.05) is 12.1 Å². The summed E-state index contributed by atoms with van der Waals surface area (Å²) in [6, 6.07) is 14.3. The molecule has 0 atom stereocenters. The molecule has 4 aromatic rings. The van der Waals surface area contributed by atoms with E-state index in [1.165, 1.54) is 12.3 Å². The molecule has 0 saturated carbocycles. The number of thiazole rings is 1. The van der Waals surface area contributed by atoms with Crippen molar-refractivity contribution in [2.75, 3.05) is 0 Å². The molecule has 3 heterocycles. The van der Waals surface area contributed by atoms with Gasteiger partial charge < -0.3 is 14.7 Å². The number of amides is 1. The number of aromatic amines is 1. The quantitative estimate of drug-likeness (QED) is 0.591. The molecule has 0 aliphatic heterocycles. The Morgan fingerprint density at radius 3 is 2.92 bits per heavy atom. The summed E-state index contributed by atoms with van der Waals surface area (Å²) >= 11 is 1.56. The molecule has 7 heteroatoms. The summed E-state index contributed by atoms with van der Waals surface area (Å²) < 4.78 is 6.87. The third-order valence-electron chi connectivity index (χ3n) is 3.63. The Morgan fingerprint density at radius 2 is 2.08 bits per heavy atom. The van der Waals surface area contributed by atoms with Crippen LogP contribution in [0, 0.1) is 0 Å². The van der Waals surface area contributed by atoms with E-state index >= 15 is 0 Å². The van der Waals surface area contributed by atoms with Crippen molar-refractivity contribution in [2.24, 2.45) is 0 Å². The number of benzene rings is 1. The van der Waals surface area contributed by atoms with Gasteiger partial charge in [0.05, 0.1) is 16.8 Å². The van der Waals surface area contributed by atoms with Crippen molar-refractivity contribution in [1.29, 1.82) is 0 Å². The monoisotopic (exact) mass is 351 g/mol. The van der Waals surface area contributed by atoms with Gasteiger partial charge in [0.25, 0.3) is 5.91 Å². The zero-order valence-corrected chi connectivity index (χ0v) is 13.8. The van der Waals surface area contributed by atoms with Crippen molar-refractivity contribution >= 4 is 27.5 Å². The van der Waals surface area contributed by atoms with E-state index < -0.39 is 0 Å². The molecule has 0 unspecified atom stereocenters. The van der Waals surface area contributed by atoms with Crippen LogP contribution in [0.25, 0.3) is 21.0 Å². The van der Waals surface area contributed by atoms with Crippen LogP contribution in [0.1, 0.15) is 16.1 Å². The molecular weight excluding hydrogens is 338 g/mol. The average molecular weight is 351 g/mol. The average Bonchev–Trinajstić information content (AvgIpc) is 3.26. The molecule has 1 amide bonds. The number of para-hydroxylation sites is 1. The molecule has 0 fully saturated rings. The summed E-state index contributed by atoms with van der Waals surface area (Å²) in [6.45, 7) is 0.233. The van der Waals surface area contributed by atoms with Gasteiger partial charge in [-0.05, 0) is 30.3 Å². The lowest BCUT2D eigenvalue weighted by atomic mass is 10.2. The van der Waals surface area contributed by atoms with E-state index in [0.717, 1.165) is 15.2 Å². The van der Waals surface area contributed by atoms with Crippen LogP contribution in [0.4, 0.5) is 0 Å². The van der Waals surface area contributed by atoms with E-state index in [1.807, 2.05) is 30.3 Å². The molecular formula is C18H13N3O3S. The summed E-state index contributed by atoms with van der Waals surface area (Å²) in [6.07, 6.45) is 1.44. The number of nitrogens with one attached hydrogen (secondary N) is 2. The highest BCUT2D eigenvalue weighted by molar-refractivity contribution is 7.21. The minimum atomic E-state index is -0.330. The maximum Gasteiger partial charge on any atom is 0.251 e. The number of fused-ring (bicyclic) bond motifs is 1. The summed E-state index contributed by atoms with van der Waals surface area (Å²) in [5.74, 6) is 0.957. The molecule has 4 rings (SSSR count). The predicted octanol–water partition coefficient (Wildman–Crippen LogP) is 3.17. The molecule has 0 aliphatic rings. The van der Waals surface area contributed by atoms with E-state index in [9.17, 15) is 9.59 Å². The first-order chi connectivity index (χ1) is 12.2. The highest BCUT2D eigenvalue weighted by Gasteiger charge is 2.11. The highest BCUT2D eigenvalue weighted by Crippen LogP contribution is 2.31. The van der Waals surface area contributed by atoms with Crippen LogP contribution < -0.4 is 10.9 Å². The Morgan fingerprint density at radius 1 is 1.20 bits per heavy atom. The summed E-state index contributed by atoms with van der Waals surface area (Å²) in [4.78, 5) is 30.3. The van der Waals surface area contributed by atoms with Gasteiger partial charge in [0, 0.05) is 17.8 Å². The van der Waals surface area contributed by atoms with Crippen LogP contribution in [0.5, 0.6) is 0 Å². The third kappa shape index (κ3) is 3.22. The van der Waals surface area contributed by atoms with Crippen molar-refractivity contribution in [3.63, 3.8) is 0 Å². The van der Waals surface area contributed by atoms with Crippen LogP contribution in [0.3, 0.4) is 0 Å². The van der Waals surface area contributed by atoms with Crippen LogP contribution in [0.15, 0.2) is 63.9 Å². The van der Waals surface area contributed by atoms with Gasteiger partial charge in [0.15, 0.2) is 10.8 Å². The molecule has 0 aliphatic carbocycles. The van der Waals surface area contributed by atoms with Gasteiger partial charge >= 0.3 is 0 Å². The maximum absolute atomic E-state index is 12.0. The fourth-order valence-electron chi connectivity index (χ4n) is 2.42. The number of carbonyl (C=O) groups excluding carboxylic acids is 1. The molecule has 124 valence electrons. The molecule has 0 spiro atoms. The fraction of sp³-hybridized carbons (Fsp3) is 0.0556. The summed E-state index contributed by atoms with van der Waals surface area (Å²) in [5.41, 5.74) is 0.925. The van der Waals surface area contributed by atoms with Crippen molar-refractivity contribution in [3.8, 4) is 10.8 Å². The largest absolute Gasteiger partial charge is 0.457 e.